The van der Waals surface area contributed by atoms with Gasteiger partial charge in [-0.2, -0.15) is 5.26 Å². The summed E-state index contributed by atoms with van der Waals surface area (Å²) >= 11 is 1.71. The SMILES string of the molecule is Cc1cc(SCc2ccc(-c3ccccc3C#N)cc2)nc(C)n1. The first kappa shape index (κ1) is 16.2. The van der Waals surface area contributed by atoms with E-state index in [-0.39, 0.29) is 0 Å². The molecule has 0 radical (unpaired) electrons. The van der Waals surface area contributed by atoms with Crippen molar-refractivity contribution >= 4 is 11.8 Å². The molecule has 3 aromatic rings. The second kappa shape index (κ2) is 7.29. The van der Waals surface area contributed by atoms with Gasteiger partial charge >= 0.3 is 0 Å². The molecule has 118 valence electrons. The first-order valence-electron chi connectivity index (χ1n) is 7.69. The Labute approximate surface area is 146 Å². The highest BCUT2D eigenvalue weighted by Gasteiger charge is 2.05. The van der Waals surface area contributed by atoms with Gasteiger partial charge in [0.1, 0.15) is 10.9 Å². The van der Waals surface area contributed by atoms with Crippen LogP contribution in [-0.2, 0) is 5.75 Å². The van der Waals surface area contributed by atoms with E-state index in [9.17, 15) is 5.26 Å². The van der Waals surface area contributed by atoms with Crippen LogP contribution < -0.4 is 0 Å². The van der Waals surface area contributed by atoms with E-state index in [1.807, 2.05) is 44.2 Å². The zero-order valence-electron chi connectivity index (χ0n) is 13.7. The number of nitriles is 1. The van der Waals surface area contributed by atoms with Crippen LogP contribution in [0.15, 0.2) is 59.6 Å². The number of nitrogens with zero attached hydrogens (tertiary/aromatic N) is 3. The maximum absolute atomic E-state index is 9.22. The Morgan fingerprint density at radius 1 is 1.00 bits per heavy atom. The van der Waals surface area contributed by atoms with Crippen molar-refractivity contribution in [3.05, 3.63) is 77.2 Å². The molecule has 24 heavy (non-hydrogen) atoms. The molecule has 0 spiro atoms. The monoisotopic (exact) mass is 331 g/mol. The predicted octanol–water partition coefficient (Wildman–Crippen LogP) is 4.92. The largest absolute Gasteiger partial charge is 0.238 e. The van der Waals surface area contributed by atoms with Crippen molar-refractivity contribution in [3.8, 4) is 17.2 Å². The van der Waals surface area contributed by atoms with Gasteiger partial charge in [0.05, 0.1) is 11.6 Å². The molecule has 1 aromatic heterocycles. The fourth-order valence-electron chi connectivity index (χ4n) is 2.53. The van der Waals surface area contributed by atoms with Gasteiger partial charge in [0.25, 0.3) is 0 Å². The molecule has 0 aliphatic heterocycles. The molecule has 0 aliphatic rings. The number of aromatic nitrogens is 2. The van der Waals surface area contributed by atoms with Crippen LogP contribution in [0.4, 0.5) is 0 Å². The third-order valence-electron chi connectivity index (χ3n) is 3.64. The van der Waals surface area contributed by atoms with Crippen molar-refractivity contribution in [2.24, 2.45) is 0 Å². The van der Waals surface area contributed by atoms with Gasteiger partial charge in [0.2, 0.25) is 0 Å². The lowest BCUT2D eigenvalue weighted by Crippen LogP contribution is -1.93. The van der Waals surface area contributed by atoms with Gasteiger partial charge in [-0.25, -0.2) is 9.97 Å². The molecule has 3 nitrogen and oxygen atoms in total. The highest BCUT2D eigenvalue weighted by atomic mass is 32.2. The Morgan fingerprint density at radius 2 is 1.75 bits per heavy atom. The van der Waals surface area contributed by atoms with Crippen LogP contribution in [0.1, 0.15) is 22.6 Å². The zero-order chi connectivity index (χ0) is 16.9. The maximum atomic E-state index is 9.22. The van der Waals surface area contributed by atoms with Gasteiger partial charge in [-0.05, 0) is 42.7 Å². The molecule has 0 saturated heterocycles. The molecular formula is C20H17N3S. The third-order valence-corrected chi connectivity index (χ3v) is 4.62. The van der Waals surface area contributed by atoms with Crippen LogP contribution in [0, 0.1) is 25.2 Å². The van der Waals surface area contributed by atoms with Gasteiger partial charge in [0.15, 0.2) is 0 Å². The van der Waals surface area contributed by atoms with Crippen LogP contribution in [0.3, 0.4) is 0 Å². The molecule has 0 amide bonds. The van der Waals surface area contributed by atoms with Crippen LogP contribution in [0.5, 0.6) is 0 Å². The van der Waals surface area contributed by atoms with Crippen molar-refractivity contribution in [1.82, 2.24) is 9.97 Å². The molecule has 4 heteroatoms. The average Bonchev–Trinajstić information content (AvgIpc) is 2.59. The summed E-state index contributed by atoms with van der Waals surface area (Å²) in [6.07, 6.45) is 0. The summed E-state index contributed by atoms with van der Waals surface area (Å²) in [6.45, 7) is 3.90. The topological polar surface area (TPSA) is 49.6 Å². The van der Waals surface area contributed by atoms with Gasteiger partial charge in [-0.3, -0.25) is 0 Å². The smallest absolute Gasteiger partial charge is 0.126 e. The van der Waals surface area contributed by atoms with Gasteiger partial charge in [-0.1, -0.05) is 42.5 Å². The minimum absolute atomic E-state index is 0.701. The number of hydrogen-bond donors (Lipinski definition) is 0. The van der Waals surface area contributed by atoms with E-state index >= 15 is 0 Å². The number of rotatable bonds is 4. The van der Waals surface area contributed by atoms with Gasteiger partial charge in [0, 0.05) is 11.4 Å². The minimum atomic E-state index is 0.701. The zero-order valence-corrected chi connectivity index (χ0v) is 14.5. The molecule has 0 atom stereocenters. The summed E-state index contributed by atoms with van der Waals surface area (Å²) in [5.41, 5.74) is 4.96. The fraction of sp³-hybridized carbons (Fsp3) is 0.150. The van der Waals surface area contributed by atoms with Crippen molar-refractivity contribution in [3.63, 3.8) is 0 Å². The fourth-order valence-corrected chi connectivity index (χ4v) is 3.48. The Morgan fingerprint density at radius 3 is 2.46 bits per heavy atom. The minimum Gasteiger partial charge on any atom is -0.238 e. The lowest BCUT2D eigenvalue weighted by molar-refractivity contribution is 0.936. The van der Waals surface area contributed by atoms with Gasteiger partial charge < -0.3 is 0 Å². The molecular weight excluding hydrogens is 314 g/mol. The quantitative estimate of drug-likeness (QED) is 0.503. The summed E-state index contributed by atoms with van der Waals surface area (Å²) in [5.74, 6) is 1.66. The van der Waals surface area contributed by atoms with E-state index < -0.39 is 0 Å². The van der Waals surface area contributed by atoms with Crippen LogP contribution in [0.25, 0.3) is 11.1 Å². The molecule has 1 heterocycles. The lowest BCUT2D eigenvalue weighted by Gasteiger charge is -2.07. The second-order valence-corrected chi connectivity index (χ2v) is 6.53. The molecule has 3 rings (SSSR count). The summed E-state index contributed by atoms with van der Waals surface area (Å²) in [5, 5.41) is 10.2. The van der Waals surface area contributed by atoms with E-state index in [1.165, 1.54) is 5.56 Å². The lowest BCUT2D eigenvalue weighted by atomic mass is 10.00. The third kappa shape index (κ3) is 3.81. The first-order valence-corrected chi connectivity index (χ1v) is 8.68. The van der Waals surface area contributed by atoms with E-state index in [2.05, 4.69) is 40.3 Å². The molecule has 0 fully saturated rings. The summed E-state index contributed by atoms with van der Waals surface area (Å²) in [4.78, 5) is 8.75. The molecule has 2 aromatic carbocycles. The molecule has 0 N–H and O–H groups in total. The first-order chi connectivity index (χ1) is 11.7. The number of hydrogen-bond acceptors (Lipinski definition) is 4. The predicted molar refractivity (Wildman–Crippen MR) is 97.7 cm³/mol. The highest BCUT2D eigenvalue weighted by Crippen LogP contribution is 2.26. The normalized spacial score (nSPS) is 10.4. The van der Waals surface area contributed by atoms with E-state index in [0.717, 1.165) is 33.4 Å². The summed E-state index contributed by atoms with van der Waals surface area (Å²) in [7, 11) is 0. The standard InChI is InChI=1S/C20H17N3S/c1-14-11-20(23-15(2)22-14)24-13-16-7-9-17(10-8-16)19-6-4-3-5-18(19)12-21/h3-11H,13H2,1-2H3. The second-order valence-electron chi connectivity index (χ2n) is 5.54. The molecule has 0 unspecified atom stereocenters. The Kier molecular flexibility index (Phi) is 4.93. The molecule has 0 bridgehead atoms. The summed E-state index contributed by atoms with van der Waals surface area (Å²) < 4.78 is 0. The van der Waals surface area contributed by atoms with E-state index in [0.29, 0.717) is 5.56 Å². The van der Waals surface area contributed by atoms with E-state index in [1.54, 1.807) is 11.8 Å². The number of benzene rings is 2. The Balaban J connectivity index is 1.74. The van der Waals surface area contributed by atoms with Crippen LogP contribution in [-0.4, -0.2) is 9.97 Å². The average molecular weight is 331 g/mol. The Hall–Kier alpha value is -2.64. The van der Waals surface area contributed by atoms with Crippen molar-refractivity contribution < 1.29 is 0 Å². The van der Waals surface area contributed by atoms with Crippen LogP contribution in [0.2, 0.25) is 0 Å². The number of thioether (sulfide) groups is 1. The molecule has 0 saturated carbocycles. The van der Waals surface area contributed by atoms with Gasteiger partial charge in [-0.15, -0.1) is 11.8 Å². The van der Waals surface area contributed by atoms with Crippen LogP contribution >= 0.6 is 11.8 Å². The highest BCUT2D eigenvalue weighted by molar-refractivity contribution is 7.98. The number of aryl methyl sites for hydroxylation is 2. The Bertz CT molecular complexity index is 875. The van der Waals surface area contributed by atoms with Crippen molar-refractivity contribution in [1.29, 1.82) is 5.26 Å². The molecule has 0 aliphatic carbocycles. The van der Waals surface area contributed by atoms with E-state index in [4.69, 9.17) is 0 Å². The van der Waals surface area contributed by atoms with Crippen molar-refractivity contribution in [2.45, 2.75) is 24.6 Å². The van der Waals surface area contributed by atoms with Crippen molar-refractivity contribution in [2.75, 3.05) is 0 Å². The maximum Gasteiger partial charge on any atom is 0.126 e. The summed E-state index contributed by atoms with van der Waals surface area (Å²) in [6, 6.07) is 20.3.